The minimum Gasteiger partial charge on any atom is -0.454 e. The first kappa shape index (κ1) is 16.1. The van der Waals surface area contributed by atoms with Crippen molar-refractivity contribution in [1.82, 2.24) is 25.5 Å². The minimum absolute atomic E-state index is 0.0228. The van der Waals surface area contributed by atoms with Gasteiger partial charge < -0.3 is 14.8 Å². The molecule has 0 atom stereocenters. The number of imide groups is 1. The van der Waals surface area contributed by atoms with Gasteiger partial charge in [0.05, 0.1) is 5.75 Å². The first-order valence-electron chi connectivity index (χ1n) is 7.05. The zero-order valence-electron chi connectivity index (χ0n) is 12.7. The highest BCUT2D eigenvalue weighted by atomic mass is 32.2. The fourth-order valence-corrected chi connectivity index (χ4v) is 2.67. The zero-order valence-corrected chi connectivity index (χ0v) is 13.5. The lowest BCUT2D eigenvalue weighted by atomic mass is 10.3. The molecule has 3 rings (SSSR count). The van der Waals surface area contributed by atoms with Crippen molar-refractivity contribution < 1.29 is 19.1 Å². The molecule has 126 valence electrons. The van der Waals surface area contributed by atoms with Gasteiger partial charge >= 0.3 is 6.03 Å². The molecule has 0 bridgehead atoms. The summed E-state index contributed by atoms with van der Waals surface area (Å²) in [6.45, 7) is 2.64. The van der Waals surface area contributed by atoms with Gasteiger partial charge in [-0.25, -0.2) is 9.48 Å². The lowest BCUT2D eigenvalue weighted by molar-refractivity contribution is -0.117. The number of rotatable bonds is 5. The maximum atomic E-state index is 11.8. The van der Waals surface area contributed by atoms with Crippen LogP contribution < -0.4 is 20.1 Å². The van der Waals surface area contributed by atoms with E-state index in [2.05, 4.69) is 26.2 Å². The number of carbonyl (C=O) groups excluding carboxylic acids is 2. The number of fused-ring (bicyclic) bond motifs is 1. The molecule has 0 spiro atoms. The van der Waals surface area contributed by atoms with Gasteiger partial charge in [-0.3, -0.25) is 10.1 Å². The predicted octanol–water partition coefficient (Wildman–Crippen LogP) is 0.862. The molecular weight excluding hydrogens is 336 g/mol. The maximum Gasteiger partial charge on any atom is 0.325 e. The molecule has 0 aliphatic carbocycles. The molecule has 1 aromatic carbocycles. The summed E-state index contributed by atoms with van der Waals surface area (Å²) in [6.07, 6.45) is 0. The average molecular weight is 350 g/mol. The van der Waals surface area contributed by atoms with E-state index in [0.29, 0.717) is 28.9 Å². The van der Waals surface area contributed by atoms with Gasteiger partial charge in [0, 0.05) is 18.3 Å². The average Bonchev–Trinajstić information content (AvgIpc) is 3.20. The van der Waals surface area contributed by atoms with Crippen molar-refractivity contribution >= 4 is 29.4 Å². The van der Waals surface area contributed by atoms with Gasteiger partial charge in [0.15, 0.2) is 11.5 Å². The van der Waals surface area contributed by atoms with Crippen LogP contribution >= 0.6 is 11.8 Å². The fourth-order valence-electron chi connectivity index (χ4n) is 1.93. The first-order valence-corrected chi connectivity index (χ1v) is 8.03. The van der Waals surface area contributed by atoms with Gasteiger partial charge in [0.2, 0.25) is 17.9 Å². The fraction of sp³-hybridized carbons (Fsp3) is 0.308. The number of hydrogen-bond acceptors (Lipinski definition) is 8. The van der Waals surface area contributed by atoms with Gasteiger partial charge in [0.1, 0.15) is 0 Å². The van der Waals surface area contributed by atoms with Crippen LogP contribution in [0.2, 0.25) is 0 Å². The van der Waals surface area contributed by atoms with Gasteiger partial charge in [0.25, 0.3) is 0 Å². The summed E-state index contributed by atoms with van der Waals surface area (Å²) in [7, 11) is 0. The predicted molar refractivity (Wildman–Crippen MR) is 83.9 cm³/mol. The Bertz CT molecular complexity index is 765. The number of benzene rings is 1. The molecule has 0 saturated heterocycles. The third-order valence-electron chi connectivity index (χ3n) is 3.01. The summed E-state index contributed by atoms with van der Waals surface area (Å²) in [5.74, 6) is 0.724. The Morgan fingerprint density at radius 1 is 1.33 bits per heavy atom. The zero-order chi connectivity index (χ0) is 16.9. The Balaban J connectivity index is 1.48. The van der Waals surface area contributed by atoms with Crippen molar-refractivity contribution in [1.29, 1.82) is 0 Å². The van der Waals surface area contributed by atoms with Crippen molar-refractivity contribution in [2.24, 2.45) is 0 Å². The van der Waals surface area contributed by atoms with Gasteiger partial charge in [-0.2, -0.15) is 0 Å². The van der Waals surface area contributed by atoms with Crippen LogP contribution in [0.5, 0.6) is 11.5 Å². The second-order valence-corrected chi connectivity index (χ2v) is 5.58. The number of carbonyl (C=O) groups is 2. The van der Waals surface area contributed by atoms with Crippen LogP contribution in [0, 0.1) is 0 Å². The molecule has 0 unspecified atom stereocenters. The second kappa shape index (κ2) is 7.17. The molecule has 0 saturated carbocycles. The van der Waals surface area contributed by atoms with E-state index in [1.165, 1.54) is 0 Å². The standard InChI is InChI=1S/C13H14N6O4S/c1-2-19-13(16-17-18-19)24-6-11(20)15-12(21)14-8-3-4-9-10(5-8)23-7-22-9/h3-5H,2,6-7H2,1H3,(H2,14,15,20,21). The number of aromatic nitrogens is 4. The molecule has 24 heavy (non-hydrogen) atoms. The Labute approximate surface area is 140 Å². The Kier molecular flexibility index (Phi) is 4.79. The third-order valence-corrected chi connectivity index (χ3v) is 3.97. The molecule has 2 aromatic rings. The van der Waals surface area contributed by atoms with Gasteiger partial charge in [-0.15, -0.1) is 5.10 Å². The number of aryl methyl sites for hydroxylation is 1. The van der Waals surface area contributed by atoms with Gasteiger partial charge in [-0.1, -0.05) is 11.8 Å². The summed E-state index contributed by atoms with van der Waals surface area (Å²) in [4.78, 5) is 23.6. The van der Waals surface area contributed by atoms with Crippen molar-refractivity contribution in [3.8, 4) is 11.5 Å². The van der Waals surface area contributed by atoms with E-state index in [-0.39, 0.29) is 12.5 Å². The largest absolute Gasteiger partial charge is 0.454 e. The van der Waals surface area contributed by atoms with Crippen LogP contribution in [0.25, 0.3) is 0 Å². The Hall–Kier alpha value is -2.82. The van der Waals surface area contributed by atoms with E-state index in [1.54, 1.807) is 22.9 Å². The van der Waals surface area contributed by atoms with Crippen LogP contribution in [-0.2, 0) is 11.3 Å². The highest BCUT2D eigenvalue weighted by Crippen LogP contribution is 2.34. The number of nitrogens with zero attached hydrogens (tertiary/aromatic N) is 4. The van der Waals surface area contributed by atoms with E-state index >= 15 is 0 Å². The second-order valence-electron chi connectivity index (χ2n) is 4.64. The molecule has 1 aromatic heterocycles. The molecule has 1 aliphatic rings. The van der Waals surface area contributed by atoms with E-state index in [4.69, 9.17) is 9.47 Å². The number of anilines is 1. The molecular formula is C13H14N6O4S. The number of hydrogen-bond donors (Lipinski definition) is 2. The molecule has 1 aliphatic heterocycles. The summed E-state index contributed by atoms with van der Waals surface area (Å²) in [5, 5.41) is 16.4. The quantitative estimate of drug-likeness (QED) is 0.762. The number of ether oxygens (including phenoxy) is 2. The normalized spacial score (nSPS) is 12.0. The number of thioether (sulfide) groups is 1. The van der Waals surface area contributed by atoms with Crippen molar-refractivity contribution in [3.05, 3.63) is 18.2 Å². The summed E-state index contributed by atoms with van der Waals surface area (Å²) in [5.41, 5.74) is 0.493. The highest BCUT2D eigenvalue weighted by molar-refractivity contribution is 7.99. The van der Waals surface area contributed by atoms with Crippen molar-refractivity contribution in [3.63, 3.8) is 0 Å². The number of tetrazole rings is 1. The van der Waals surface area contributed by atoms with Gasteiger partial charge in [-0.05, 0) is 29.5 Å². The van der Waals surface area contributed by atoms with E-state index < -0.39 is 11.9 Å². The SMILES string of the molecule is CCn1nnnc1SCC(=O)NC(=O)Nc1ccc2c(c1)OCO2. The molecule has 2 N–H and O–H groups in total. The highest BCUT2D eigenvalue weighted by Gasteiger charge is 2.15. The van der Waals surface area contributed by atoms with Crippen molar-refractivity contribution in [2.75, 3.05) is 17.9 Å². The van der Waals surface area contributed by atoms with Crippen LogP contribution in [-0.4, -0.2) is 44.7 Å². The van der Waals surface area contributed by atoms with Crippen LogP contribution in [0.3, 0.4) is 0 Å². The van der Waals surface area contributed by atoms with E-state index in [9.17, 15) is 9.59 Å². The molecule has 3 amide bonds. The molecule has 11 heteroatoms. The third kappa shape index (κ3) is 3.74. The molecule has 0 radical (unpaired) electrons. The Morgan fingerprint density at radius 2 is 2.17 bits per heavy atom. The minimum atomic E-state index is -0.630. The number of amides is 3. The van der Waals surface area contributed by atoms with E-state index in [0.717, 1.165) is 11.8 Å². The molecule has 10 nitrogen and oxygen atoms in total. The monoisotopic (exact) mass is 350 g/mol. The summed E-state index contributed by atoms with van der Waals surface area (Å²) >= 11 is 1.15. The van der Waals surface area contributed by atoms with E-state index in [1.807, 2.05) is 6.92 Å². The van der Waals surface area contributed by atoms with Crippen LogP contribution in [0.15, 0.2) is 23.4 Å². The van der Waals surface area contributed by atoms with Crippen molar-refractivity contribution in [2.45, 2.75) is 18.6 Å². The van der Waals surface area contributed by atoms with Crippen LogP contribution in [0.1, 0.15) is 6.92 Å². The molecule has 2 heterocycles. The number of nitrogens with one attached hydrogen (secondary N) is 2. The maximum absolute atomic E-state index is 11.8. The Morgan fingerprint density at radius 3 is 3.00 bits per heavy atom. The topological polar surface area (TPSA) is 120 Å². The summed E-state index contributed by atoms with van der Waals surface area (Å²) < 4.78 is 12.0. The smallest absolute Gasteiger partial charge is 0.325 e. The first-order chi connectivity index (χ1) is 11.7. The lowest BCUT2D eigenvalue weighted by Crippen LogP contribution is -2.35. The molecule has 0 fully saturated rings. The van der Waals surface area contributed by atoms with Crippen LogP contribution in [0.4, 0.5) is 10.5 Å². The number of urea groups is 1. The summed E-state index contributed by atoms with van der Waals surface area (Å²) in [6, 6.07) is 4.33. The lowest BCUT2D eigenvalue weighted by Gasteiger charge is -2.07.